The number of ether oxygens (including phenoxy) is 1. The molecule has 8 nitrogen and oxygen atoms in total. The molecule has 3 aromatic rings. The molecule has 1 fully saturated rings. The van der Waals surface area contributed by atoms with Gasteiger partial charge >= 0.3 is 12.1 Å². The van der Waals surface area contributed by atoms with Gasteiger partial charge in [0, 0.05) is 5.92 Å². The summed E-state index contributed by atoms with van der Waals surface area (Å²) in [6, 6.07) is 19.2. The topological polar surface area (TPSA) is 118 Å². The number of alkyl carbamates (subject to hydrolysis) is 1. The molecule has 0 radical (unpaired) electrons. The number of nitrogens with one attached hydrogen (secondary N) is 2. The number of aliphatic carboxylic acids is 1. The number of amides is 2. The molecule has 0 unspecified atom stereocenters. The molecule has 3 N–H and O–H groups in total. The average molecular weight is 475 g/mol. The predicted molar refractivity (Wildman–Crippen MR) is 127 cm³/mol. The number of rotatable bonds is 7. The van der Waals surface area contributed by atoms with Gasteiger partial charge in [-0.05, 0) is 47.2 Å². The average Bonchev–Trinajstić information content (AvgIpc) is 3.60. The minimum absolute atomic E-state index is 0.00172. The zero-order valence-corrected chi connectivity index (χ0v) is 19.1. The second kappa shape index (κ2) is 9.29. The molecule has 0 bridgehead atoms. The Kier molecular flexibility index (Phi) is 6.03. The highest BCUT2D eigenvalue weighted by molar-refractivity contribution is 5.96. The fourth-order valence-electron chi connectivity index (χ4n) is 5.05. The van der Waals surface area contributed by atoms with Crippen molar-refractivity contribution in [2.45, 2.75) is 43.7 Å². The highest BCUT2D eigenvalue weighted by Crippen LogP contribution is 2.44. The number of hydrogen-bond donors (Lipinski definition) is 3. The van der Waals surface area contributed by atoms with E-state index in [1.807, 2.05) is 24.3 Å². The Labute approximate surface area is 202 Å². The van der Waals surface area contributed by atoms with Gasteiger partial charge in [0.1, 0.15) is 17.9 Å². The van der Waals surface area contributed by atoms with Gasteiger partial charge in [-0.3, -0.25) is 4.79 Å². The van der Waals surface area contributed by atoms with Crippen molar-refractivity contribution < 1.29 is 28.6 Å². The fraction of sp³-hybridized carbons (Fsp3) is 0.296. The van der Waals surface area contributed by atoms with Crippen LogP contribution in [0.2, 0.25) is 0 Å². The minimum atomic E-state index is -1.25. The van der Waals surface area contributed by atoms with Gasteiger partial charge < -0.3 is 24.9 Å². The van der Waals surface area contributed by atoms with E-state index in [9.17, 15) is 19.5 Å². The number of benzene rings is 2. The highest BCUT2D eigenvalue weighted by Gasteiger charge is 2.43. The first-order valence-electron chi connectivity index (χ1n) is 11.7. The van der Waals surface area contributed by atoms with Gasteiger partial charge in [-0.15, -0.1) is 0 Å². The summed E-state index contributed by atoms with van der Waals surface area (Å²) in [6.07, 6.45) is 1.70. The summed E-state index contributed by atoms with van der Waals surface area (Å²) >= 11 is 0. The van der Waals surface area contributed by atoms with Crippen molar-refractivity contribution in [1.82, 2.24) is 10.6 Å². The van der Waals surface area contributed by atoms with Gasteiger partial charge in [0.05, 0.1) is 6.54 Å². The summed E-state index contributed by atoms with van der Waals surface area (Å²) < 4.78 is 11.0. The van der Waals surface area contributed by atoms with Crippen LogP contribution in [0, 0.1) is 0 Å². The van der Waals surface area contributed by atoms with Crippen LogP contribution in [0.3, 0.4) is 0 Å². The van der Waals surface area contributed by atoms with Crippen LogP contribution in [-0.4, -0.2) is 35.2 Å². The van der Waals surface area contributed by atoms with E-state index in [0.717, 1.165) is 35.1 Å². The largest absolute Gasteiger partial charge is 0.480 e. The minimum Gasteiger partial charge on any atom is -0.480 e. The van der Waals surface area contributed by atoms with Crippen LogP contribution in [-0.2, 0) is 16.1 Å². The van der Waals surface area contributed by atoms with Gasteiger partial charge in [0.15, 0.2) is 5.76 Å². The Morgan fingerprint density at radius 1 is 0.943 bits per heavy atom. The Bertz CT molecular complexity index is 1230. The van der Waals surface area contributed by atoms with Crippen molar-refractivity contribution in [2.75, 3.05) is 6.61 Å². The first-order chi connectivity index (χ1) is 17.0. The lowest BCUT2D eigenvalue weighted by molar-refractivity contribution is -0.144. The summed E-state index contributed by atoms with van der Waals surface area (Å²) in [7, 11) is 0. The van der Waals surface area contributed by atoms with Crippen LogP contribution in [0.15, 0.2) is 65.1 Å². The number of carbonyl (C=O) groups is 3. The number of carboxylic acid groups (broad SMARTS) is 1. The van der Waals surface area contributed by atoms with Crippen molar-refractivity contribution in [3.8, 4) is 11.1 Å². The van der Waals surface area contributed by atoms with E-state index in [1.54, 1.807) is 6.07 Å². The highest BCUT2D eigenvalue weighted by atomic mass is 16.5. The van der Waals surface area contributed by atoms with Crippen molar-refractivity contribution >= 4 is 18.0 Å². The van der Waals surface area contributed by atoms with Crippen molar-refractivity contribution in [3.05, 3.63) is 83.3 Å². The fourth-order valence-corrected chi connectivity index (χ4v) is 5.05. The molecular weight excluding hydrogens is 448 g/mol. The van der Waals surface area contributed by atoms with E-state index in [4.69, 9.17) is 9.15 Å². The van der Waals surface area contributed by atoms with Crippen LogP contribution < -0.4 is 10.6 Å². The predicted octanol–water partition coefficient (Wildman–Crippen LogP) is 4.45. The molecule has 1 saturated carbocycles. The summed E-state index contributed by atoms with van der Waals surface area (Å²) in [6.45, 7) is 0.233. The van der Waals surface area contributed by atoms with Gasteiger partial charge in [0.25, 0.3) is 5.91 Å². The lowest BCUT2D eigenvalue weighted by atomic mass is 9.98. The SMILES string of the molecule is O=C(NCc1ccc(C(=O)NC2(C(=O)O)CCCC2)o1)OCC1c2ccccc2-c2ccccc21. The van der Waals surface area contributed by atoms with E-state index in [1.165, 1.54) is 6.07 Å². The van der Waals surface area contributed by atoms with E-state index in [0.29, 0.717) is 18.6 Å². The molecule has 2 aliphatic carbocycles. The Morgan fingerprint density at radius 3 is 2.20 bits per heavy atom. The van der Waals surface area contributed by atoms with Gasteiger partial charge in [-0.2, -0.15) is 0 Å². The lowest BCUT2D eigenvalue weighted by Gasteiger charge is -2.24. The number of furan rings is 1. The molecule has 2 aliphatic rings. The molecule has 0 spiro atoms. The number of carbonyl (C=O) groups excluding carboxylic acids is 2. The second-order valence-corrected chi connectivity index (χ2v) is 8.99. The third kappa shape index (κ3) is 4.39. The molecule has 0 atom stereocenters. The molecule has 0 aliphatic heterocycles. The molecule has 180 valence electrons. The van der Waals surface area contributed by atoms with Crippen LogP contribution in [0.4, 0.5) is 4.79 Å². The standard InChI is InChI=1S/C27H26N2O6/c30-24(29-27(25(31)32)13-5-6-14-27)23-12-11-17(35-23)15-28-26(33)34-16-22-20-9-3-1-7-18(20)19-8-2-4-10-21(19)22/h1-4,7-12,22H,5-6,13-16H2,(H,28,33)(H,29,30)(H,31,32). The van der Waals surface area contributed by atoms with Crippen molar-refractivity contribution in [2.24, 2.45) is 0 Å². The third-order valence-corrected chi connectivity index (χ3v) is 6.86. The van der Waals surface area contributed by atoms with Crippen molar-refractivity contribution in [3.63, 3.8) is 0 Å². The van der Waals surface area contributed by atoms with E-state index in [2.05, 4.69) is 34.9 Å². The van der Waals surface area contributed by atoms with Crippen LogP contribution in [0.1, 0.15) is 59.0 Å². The molecule has 5 rings (SSSR count). The van der Waals surface area contributed by atoms with E-state index >= 15 is 0 Å². The normalized spacial score (nSPS) is 15.8. The van der Waals surface area contributed by atoms with Crippen LogP contribution >= 0.6 is 0 Å². The lowest BCUT2D eigenvalue weighted by Crippen LogP contribution is -2.52. The molecule has 1 aromatic heterocycles. The molecule has 2 aromatic carbocycles. The van der Waals surface area contributed by atoms with Gasteiger partial charge in [-0.1, -0.05) is 61.4 Å². The Morgan fingerprint density at radius 2 is 1.57 bits per heavy atom. The first-order valence-corrected chi connectivity index (χ1v) is 11.7. The van der Waals surface area contributed by atoms with Gasteiger partial charge in [0.2, 0.25) is 0 Å². The monoisotopic (exact) mass is 474 g/mol. The summed E-state index contributed by atoms with van der Waals surface area (Å²) in [4.78, 5) is 36.6. The molecule has 2 amide bonds. The quantitative estimate of drug-likeness (QED) is 0.466. The first kappa shape index (κ1) is 22.7. The molecule has 35 heavy (non-hydrogen) atoms. The number of carboxylic acids is 1. The smallest absolute Gasteiger partial charge is 0.407 e. The van der Waals surface area contributed by atoms with E-state index in [-0.39, 0.29) is 24.8 Å². The summed E-state index contributed by atoms with van der Waals surface area (Å²) in [5, 5.41) is 14.8. The Balaban J connectivity index is 1.16. The number of fused-ring (bicyclic) bond motifs is 3. The zero-order valence-electron chi connectivity index (χ0n) is 19.1. The molecular formula is C27H26N2O6. The zero-order chi connectivity index (χ0) is 24.4. The van der Waals surface area contributed by atoms with E-state index < -0.39 is 23.5 Å². The second-order valence-electron chi connectivity index (χ2n) is 8.99. The van der Waals surface area contributed by atoms with Crippen molar-refractivity contribution in [1.29, 1.82) is 0 Å². The van der Waals surface area contributed by atoms with Crippen LogP contribution in [0.5, 0.6) is 0 Å². The van der Waals surface area contributed by atoms with Gasteiger partial charge in [-0.25, -0.2) is 9.59 Å². The maximum absolute atomic E-state index is 12.5. The number of hydrogen-bond acceptors (Lipinski definition) is 5. The third-order valence-electron chi connectivity index (χ3n) is 6.86. The van der Waals surface area contributed by atoms with Crippen LogP contribution in [0.25, 0.3) is 11.1 Å². The Hall–Kier alpha value is -4.07. The summed E-state index contributed by atoms with van der Waals surface area (Å²) in [5.41, 5.74) is 3.32. The molecule has 0 saturated heterocycles. The maximum Gasteiger partial charge on any atom is 0.407 e. The molecule has 8 heteroatoms. The summed E-state index contributed by atoms with van der Waals surface area (Å²) in [5.74, 6) is -1.29. The molecule has 1 heterocycles. The maximum atomic E-state index is 12.5.